The van der Waals surface area contributed by atoms with Gasteiger partial charge in [0.05, 0.1) is 0 Å². The van der Waals surface area contributed by atoms with E-state index >= 15 is 0 Å². The lowest BCUT2D eigenvalue weighted by Gasteiger charge is -2.18. The van der Waals surface area contributed by atoms with Gasteiger partial charge >= 0.3 is 17.9 Å². The van der Waals surface area contributed by atoms with E-state index < -0.39 is 6.10 Å². The molecule has 0 fully saturated rings. The van der Waals surface area contributed by atoms with Gasteiger partial charge in [0.15, 0.2) is 6.10 Å². The van der Waals surface area contributed by atoms with Gasteiger partial charge < -0.3 is 14.2 Å². The fourth-order valence-corrected chi connectivity index (χ4v) is 7.12. The van der Waals surface area contributed by atoms with Crippen molar-refractivity contribution in [3.05, 3.63) is 109 Å². The van der Waals surface area contributed by atoms with Crippen LogP contribution in [0.25, 0.3) is 0 Å². The molecular formula is C61H100O6. The maximum Gasteiger partial charge on any atom is 0.306 e. The third kappa shape index (κ3) is 52.9. The van der Waals surface area contributed by atoms with Gasteiger partial charge in [-0.2, -0.15) is 0 Å². The van der Waals surface area contributed by atoms with Crippen LogP contribution < -0.4 is 0 Å². The molecule has 0 heterocycles. The second kappa shape index (κ2) is 54.7. The van der Waals surface area contributed by atoms with Gasteiger partial charge in [-0.05, 0) is 128 Å². The van der Waals surface area contributed by atoms with Crippen molar-refractivity contribution in [3.63, 3.8) is 0 Å². The molecule has 67 heavy (non-hydrogen) atoms. The van der Waals surface area contributed by atoms with Crippen LogP contribution in [0.2, 0.25) is 0 Å². The minimum Gasteiger partial charge on any atom is -0.462 e. The smallest absolute Gasteiger partial charge is 0.306 e. The number of esters is 3. The highest BCUT2D eigenvalue weighted by atomic mass is 16.6. The van der Waals surface area contributed by atoms with Gasteiger partial charge in [0.25, 0.3) is 0 Å². The van der Waals surface area contributed by atoms with Gasteiger partial charge in [-0.25, -0.2) is 0 Å². The molecule has 0 unspecified atom stereocenters. The van der Waals surface area contributed by atoms with Crippen LogP contribution in [0, 0.1) is 0 Å². The molecule has 0 rings (SSSR count). The molecule has 6 nitrogen and oxygen atoms in total. The van der Waals surface area contributed by atoms with E-state index in [4.69, 9.17) is 14.2 Å². The summed E-state index contributed by atoms with van der Waals surface area (Å²) in [4.78, 5) is 38.1. The summed E-state index contributed by atoms with van der Waals surface area (Å²) in [7, 11) is 0. The molecule has 0 saturated heterocycles. The first-order chi connectivity index (χ1) is 33.0. The molecule has 0 aliphatic heterocycles. The van der Waals surface area contributed by atoms with Gasteiger partial charge in [0.1, 0.15) is 13.2 Å². The number of hydrogen-bond donors (Lipinski definition) is 0. The van der Waals surface area contributed by atoms with Crippen LogP contribution in [0.5, 0.6) is 0 Å². The summed E-state index contributed by atoms with van der Waals surface area (Å²) in [5.41, 5.74) is 0. The lowest BCUT2D eigenvalue weighted by Crippen LogP contribution is -2.30. The van der Waals surface area contributed by atoms with E-state index in [2.05, 4.69) is 130 Å². The topological polar surface area (TPSA) is 78.9 Å². The van der Waals surface area contributed by atoms with Crippen LogP contribution in [0.3, 0.4) is 0 Å². The van der Waals surface area contributed by atoms with E-state index in [0.29, 0.717) is 19.3 Å². The minimum atomic E-state index is -0.811. The standard InChI is InChI=1S/C61H100O6/c1-4-7-10-13-16-19-22-25-28-30-33-36-39-42-45-48-51-54-60(63)66-57-58(56-65-59(62)53-50-47-44-41-38-35-32-27-24-21-18-15-12-9-6-3)67-61(64)55-52-49-46-43-40-37-34-31-29-26-23-20-17-14-11-8-5-2/h9,12,16-21,25-29,32-33,36,38,41,58H,4-8,10-11,13-15,22-24,30-31,34-35,37,39-40,42-57H2,1-3H3/b12-9-,19-16-,20-17-,21-18-,28-25-,29-26-,32-27-,36-33-,41-38-/t58-/m1/s1. The first kappa shape index (κ1) is 63.1. The largest absolute Gasteiger partial charge is 0.462 e. The van der Waals surface area contributed by atoms with Gasteiger partial charge in [0, 0.05) is 19.3 Å². The number of unbranched alkanes of at least 4 members (excludes halogenated alkanes) is 19. The van der Waals surface area contributed by atoms with Crippen molar-refractivity contribution in [3.8, 4) is 0 Å². The molecule has 0 aromatic carbocycles. The summed E-state index contributed by atoms with van der Waals surface area (Å²) in [6, 6.07) is 0. The summed E-state index contributed by atoms with van der Waals surface area (Å²) in [6.45, 7) is 6.40. The van der Waals surface area contributed by atoms with E-state index in [1.54, 1.807) is 0 Å². The maximum atomic E-state index is 12.8. The summed E-state index contributed by atoms with van der Waals surface area (Å²) < 4.78 is 16.8. The van der Waals surface area contributed by atoms with Crippen molar-refractivity contribution in [1.29, 1.82) is 0 Å². The van der Waals surface area contributed by atoms with E-state index in [9.17, 15) is 14.4 Å². The Bertz CT molecular complexity index is 1390. The van der Waals surface area contributed by atoms with Gasteiger partial charge in [-0.3, -0.25) is 14.4 Å². The summed E-state index contributed by atoms with van der Waals surface area (Å²) >= 11 is 0. The second-order valence-corrected chi connectivity index (χ2v) is 17.7. The first-order valence-electron chi connectivity index (χ1n) is 27.4. The molecule has 0 spiro atoms. The fourth-order valence-electron chi connectivity index (χ4n) is 7.12. The van der Waals surface area contributed by atoms with Crippen LogP contribution in [0.15, 0.2) is 109 Å². The Kier molecular flexibility index (Phi) is 51.5. The number of rotatable bonds is 48. The molecule has 0 aliphatic rings. The van der Waals surface area contributed by atoms with Crippen molar-refractivity contribution < 1.29 is 28.6 Å². The van der Waals surface area contributed by atoms with Crippen molar-refractivity contribution >= 4 is 17.9 Å². The Labute approximate surface area is 412 Å². The number of ether oxygens (including phenoxy) is 3. The highest BCUT2D eigenvalue weighted by Crippen LogP contribution is 2.13. The Morgan fingerprint density at radius 3 is 0.940 bits per heavy atom. The van der Waals surface area contributed by atoms with Crippen molar-refractivity contribution in [2.45, 2.75) is 245 Å². The molecule has 0 aromatic rings. The highest BCUT2D eigenvalue weighted by molar-refractivity contribution is 5.71. The average Bonchev–Trinajstić information content (AvgIpc) is 3.33. The monoisotopic (exact) mass is 929 g/mol. The molecule has 6 heteroatoms. The predicted molar refractivity (Wildman–Crippen MR) is 288 cm³/mol. The molecule has 0 saturated carbocycles. The van der Waals surface area contributed by atoms with Gasteiger partial charge in [0.2, 0.25) is 0 Å². The lowest BCUT2D eigenvalue weighted by atomic mass is 10.1. The van der Waals surface area contributed by atoms with Crippen molar-refractivity contribution in [2.75, 3.05) is 13.2 Å². The molecule has 0 N–H and O–H groups in total. The number of carbonyl (C=O) groups excluding carboxylic acids is 3. The fraction of sp³-hybridized carbons (Fsp3) is 0.656. The van der Waals surface area contributed by atoms with Crippen LogP contribution in [-0.2, 0) is 28.6 Å². The third-order valence-corrected chi connectivity index (χ3v) is 11.2. The predicted octanol–water partition coefficient (Wildman–Crippen LogP) is 18.3. The third-order valence-electron chi connectivity index (χ3n) is 11.2. The maximum absolute atomic E-state index is 12.8. The molecular weight excluding hydrogens is 829 g/mol. The van der Waals surface area contributed by atoms with Crippen LogP contribution in [0.4, 0.5) is 0 Å². The van der Waals surface area contributed by atoms with Crippen LogP contribution in [-0.4, -0.2) is 37.2 Å². The van der Waals surface area contributed by atoms with E-state index in [-0.39, 0.29) is 31.1 Å². The summed E-state index contributed by atoms with van der Waals surface area (Å²) in [5.74, 6) is -0.980. The molecule has 0 aromatic heterocycles. The van der Waals surface area contributed by atoms with Crippen LogP contribution in [0.1, 0.15) is 239 Å². The Balaban J connectivity index is 4.52. The average molecular weight is 929 g/mol. The van der Waals surface area contributed by atoms with E-state index in [1.165, 1.54) is 77.0 Å². The van der Waals surface area contributed by atoms with Gasteiger partial charge in [-0.15, -0.1) is 0 Å². The Morgan fingerprint density at radius 1 is 0.313 bits per heavy atom. The molecule has 0 aliphatic carbocycles. The SMILES string of the molecule is CC/C=C\C/C=C\C/C=C\C/C=C\CCCCC(=O)OC[C@H](COC(=O)CCCCCC/C=C\C/C=C\C/C=C\CCCCC)OC(=O)CCCCCCCCC/C=C\C/C=C\CCCCC. The zero-order valence-electron chi connectivity index (χ0n) is 43.4. The molecule has 1 atom stereocenters. The Morgan fingerprint density at radius 2 is 0.582 bits per heavy atom. The molecule has 0 radical (unpaired) electrons. The second-order valence-electron chi connectivity index (χ2n) is 17.7. The first-order valence-corrected chi connectivity index (χ1v) is 27.4. The quantitative estimate of drug-likeness (QED) is 0.0262. The van der Waals surface area contributed by atoms with E-state index in [0.717, 1.165) is 122 Å². The lowest BCUT2D eigenvalue weighted by molar-refractivity contribution is -0.167. The van der Waals surface area contributed by atoms with E-state index in [1.807, 2.05) is 0 Å². The Hall–Kier alpha value is -3.93. The molecule has 380 valence electrons. The number of hydrogen-bond acceptors (Lipinski definition) is 6. The highest BCUT2D eigenvalue weighted by Gasteiger charge is 2.19. The minimum absolute atomic E-state index is 0.108. The van der Waals surface area contributed by atoms with Crippen molar-refractivity contribution in [2.24, 2.45) is 0 Å². The zero-order valence-corrected chi connectivity index (χ0v) is 43.4. The normalized spacial score (nSPS) is 12.9. The summed E-state index contributed by atoms with van der Waals surface area (Å²) in [6.07, 6.45) is 73.5. The number of allylic oxidation sites excluding steroid dienone is 18. The molecule has 0 bridgehead atoms. The summed E-state index contributed by atoms with van der Waals surface area (Å²) in [5, 5.41) is 0. The van der Waals surface area contributed by atoms with Gasteiger partial charge in [-0.1, -0.05) is 201 Å². The molecule has 0 amide bonds. The zero-order chi connectivity index (χ0) is 48.6. The number of carbonyl (C=O) groups is 3. The van der Waals surface area contributed by atoms with Crippen LogP contribution >= 0.6 is 0 Å². The van der Waals surface area contributed by atoms with Crippen molar-refractivity contribution in [1.82, 2.24) is 0 Å².